The van der Waals surface area contributed by atoms with Crippen molar-refractivity contribution in [1.29, 1.82) is 0 Å². The van der Waals surface area contributed by atoms with E-state index in [0.717, 1.165) is 5.56 Å². The Morgan fingerprint density at radius 3 is 2.45 bits per heavy atom. The summed E-state index contributed by atoms with van der Waals surface area (Å²) < 4.78 is 16.1. The van der Waals surface area contributed by atoms with Gasteiger partial charge in [-0.15, -0.1) is 0 Å². The van der Waals surface area contributed by atoms with Crippen LogP contribution >= 0.6 is 12.2 Å². The van der Waals surface area contributed by atoms with E-state index in [1.165, 1.54) is 7.11 Å². The third kappa shape index (κ3) is 4.27. The fourth-order valence-electron chi connectivity index (χ4n) is 3.22. The molecule has 0 radical (unpaired) electrons. The van der Waals surface area contributed by atoms with E-state index < -0.39 is 6.04 Å². The number of para-hydroxylation sites is 1. The number of amides is 1. The zero-order valence-corrected chi connectivity index (χ0v) is 17.5. The van der Waals surface area contributed by atoms with Gasteiger partial charge >= 0.3 is 0 Å². The van der Waals surface area contributed by atoms with Crippen LogP contribution in [0.15, 0.2) is 53.7 Å². The Hall–Kier alpha value is -3.26. The van der Waals surface area contributed by atoms with Gasteiger partial charge in [-0.25, -0.2) is 0 Å². The van der Waals surface area contributed by atoms with Crippen LogP contribution in [0.4, 0.5) is 5.69 Å². The first-order chi connectivity index (χ1) is 14.0. The molecule has 0 spiro atoms. The minimum Gasteiger partial charge on any atom is -0.497 e. The number of carbonyl (C=O) groups excluding carboxylic acids is 1. The van der Waals surface area contributed by atoms with E-state index in [4.69, 9.17) is 26.4 Å². The van der Waals surface area contributed by atoms with Crippen LogP contribution in [-0.4, -0.2) is 32.3 Å². The summed E-state index contributed by atoms with van der Waals surface area (Å²) in [5.74, 6) is 1.50. The van der Waals surface area contributed by atoms with Gasteiger partial charge in [0.2, 0.25) is 0 Å². The predicted molar refractivity (Wildman–Crippen MR) is 115 cm³/mol. The summed E-state index contributed by atoms with van der Waals surface area (Å²) in [6.07, 6.45) is 0. The van der Waals surface area contributed by atoms with Gasteiger partial charge in [0.25, 0.3) is 5.91 Å². The van der Waals surface area contributed by atoms with Crippen molar-refractivity contribution >= 4 is 28.9 Å². The highest BCUT2D eigenvalue weighted by Gasteiger charge is 2.32. The van der Waals surface area contributed by atoms with Gasteiger partial charge < -0.3 is 30.2 Å². The summed E-state index contributed by atoms with van der Waals surface area (Å²) in [4.78, 5) is 13.3. The van der Waals surface area contributed by atoms with Gasteiger partial charge in [0.1, 0.15) is 17.2 Å². The Kier molecular flexibility index (Phi) is 6.23. The molecule has 7 nitrogen and oxygen atoms in total. The predicted octanol–water partition coefficient (Wildman–Crippen LogP) is 3.14. The number of rotatable bonds is 6. The summed E-state index contributed by atoms with van der Waals surface area (Å²) in [6, 6.07) is 12.2. The number of hydrogen-bond acceptors (Lipinski definition) is 5. The maximum absolute atomic E-state index is 13.3. The highest BCUT2D eigenvalue weighted by molar-refractivity contribution is 7.80. The second-order valence-electron chi connectivity index (χ2n) is 6.33. The number of thiocarbonyl (C=S) groups is 1. The molecule has 0 bridgehead atoms. The Morgan fingerprint density at radius 1 is 1.03 bits per heavy atom. The summed E-state index contributed by atoms with van der Waals surface area (Å²) in [5.41, 5.74) is 2.51. The normalized spacial score (nSPS) is 15.9. The smallest absolute Gasteiger partial charge is 0.255 e. The van der Waals surface area contributed by atoms with E-state index in [1.54, 1.807) is 32.4 Å². The first-order valence-electron chi connectivity index (χ1n) is 8.93. The Morgan fingerprint density at radius 2 is 1.76 bits per heavy atom. The molecule has 2 aromatic carbocycles. The van der Waals surface area contributed by atoms with Gasteiger partial charge in [0, 0.05) is 17.3 Å². The van der Waals surface area contributed by atoms with Crippen molar-refractivity contribution in [2.24, 2.45) is 0 Å². The summed E-state index contributed by atoms with van der Waals surface area (Å²) in [7, 11) is 4.70. The molecule has 1 unspecified atom stereocenters. The topological polar surface area (TPSA) is 80.9 Å². The molecule has 2 aromatic rings. The van der Waals surface area contributed by atoms with Crippen LogP contribution in [0.3, 0.4) is 0 Å². The third-order valence-electron chi connectivity index (χ3n) is 4.62. The Labute approximate surface area is 175 Å². The van der Waals surface area contributed by atoms with Gasteiger partial charge in [-0.05, 0) is 37.3 Å². The quantitative estimate of drug-likeness (QED) is 0.628. The molecular formula is C21H23N3O4S. The van der Waals surface area contributed by atoms with Crippen molar-refractivity contribution in [1.82, 2.24) is 10.6 Å². The number of hydrogen-bond donors (Lipinski definition) is 3. The standard InChI is InChI=1S/C21H23N3O4S/c1-12-18(20(25)23-15-10-9-13(26-2)11-17(15)28-4)19(24-21(29)22-12)14-7-5-6-8-16(14)27-3/h5-11,19H,1-4H3,(H,23,25)(H2,22,24,29). The summed E-state index contributed by atoms with van der Waals surface area (Å²) in [5, 5.41) is 9.56. The molecule has 1 atom stereocenters. The first kappa shape index (κ1) is 20.5. The molecule has 1 heterocycles. The highest BCUT2D eigenvalue weighted by Crippen LogP contribution is 2.35. The summed E-state index contributed by atoms with van der Waals surface area (Å²) in [6.45, 7) is 1.82. The lowest BCUT2D eigenvalue weighted by molar-refractivity contribution is -0.113. The molecule has 0 fully saturated rings. The van der Waals surface area contributed by atoms with Gasteiger partial charge in [-0.3, -0.25) is 4.79 Å². The minimum absolute atomic E-state index is 0.288. The lowest BCUT2D eigenvalue weighted by atomic mass is 9.94. The fourth-order valence-corrected chi connectivity index (χ4v) is 3.50. The van der Waals surface area contributed by atoms with Gasteiger partial charge in [-0.2, -0.15) is 0 Å². The number of benzene rings is 2. The molecule has 1 aliphatic heterocycles. The Bertz CT molecular complexity index is 974. The second kappa shape index (κ2) is 8.83. The SMILES string of the molecule is COc1ccc(NC(=O)C2=C(C)NC(=S)NC2c2ccccc2OC)c(OC)c1. The van der Waals surface area contributed by atoms with Gasteiger partial charge in [0.05, 0.1) is 38.6 Å². The van der Waals surface area contributed by atoms with Crippen molar-refractivity contribution in [3.05, 3.63) is 59.3 Å². The minimum atomic E-state index is -0.468. The molecule has 0 aliphatic carbocycles. The van der Waals surface area contributed by atoms with Crippen molar-refractivity contribution in [2.75, 3.05) is 26.6 Å². The molecule has 8 heteroatoms. The molecule has 0 saturated heterocycles. The largest absolute Gasteiger partial charge is 0.497 e. The second-order valence-corrected chi connectivity index (χ2v) is 6.74. The molecule has 29 heavy (non-hydrogen) atoms. The first-order valence-corrected chi connectivity index (χ1v) is 9.34. The van der Waals surface area contributed by atoms with E-state index in [9.17, 15) is 4.79 Å². The fraction of sp³-hybridized carbons (Fsp3) is 0.238. The number of anilines is 1. The van der Waals surface area contributed by atoms with Crippen LogP contribution < -0.4 is 30.2 Å². The monoisotopic (exact) mass is 413 g/mol. The van der Waals surface area contributed by atoms with Crippen molar-refractivity contribution in [3.8, 4) is 17.2 Å². The molecule has 1 amide bonds. The molecule has 0 saturated carbocycles. The van der Waals surface area contributed by atoms with E-state index in [2.05, 4.69) is 16.0 Å². The number of methoxy groups -OCH3 is 3. The highest BCUT2D eigenvalue weighted by atomic mass is 32.1. The van der Waals surface area contributed by atoms with Gasteiger partial charge in [-0.1, -0.05) is 18.2 Å². The van der Waals surface area contributed by atoms with Crippen LogP contribution in [0.1, 0.15) is 18.5 Å². The maximum atomic E-state index is 13.3. The zero-order chi connectivity index (χ0) is 21.0. The van der Waals surface area contributed by atoms with Crippen molar-refractivity contribution in [2.45, 2.75) is 13.0 Å². The molecular weight excluding hydrogens is 390 g/mol. The number of nitrogens with one attached hydrogen (secondary N) is 3. The molecule has 3 rings (SSSR count). The van der Waals surface area contributed by atoms with Crippen LogP contribution in [0.2, 0.25) is 0 Å². The zero-order valence-electron chi connectivity index (χ0n) is 16.7. The maximum Gasteiger partial charge on any atom is 0.255 e. The average molecular weight is 413 g/mol. The summed E-state index contributed by atoms with van der Waals surface area (Å²) >= 11 is 5.31. The van der Waals surface area contributed by atoms with E-state index in [-0.39, 0.29) is 5.91 Å². The molecule has 0 aromatic heterocycles. The van der Waals surface area contributed by atoms with Crippen LogP contribution in [0.5, 0.6) is 17.2 Å². The third-order valence-corrected chi connectivity index (χ3v) is 4.84. The van der Waals surface area contributed by atoms with E-state index in [0.29, 0.717) is 39.3 Å². The average Bonchev–Trinajstić information content (AvgIpc) is 2.73. The molecule has 152 valence electrons. The number of allylic oxidation sites excluding steroid dienone is 1. The van der Waals surface area contributed by atoms with Crippen LogP contribution in [0, 0.1) is 0 Å². The van der Waals surface area contributed by atoms with Crippen LogP contribution in [0.25, 0.3) is 0 Å². The van der Waals surface area contributed by atoms with Gasteiger partial charge in [0.15, 0.2) is 5.11 Å². The lowest BCUT2D eigenvalue weighted by Crippen LogP contribution is -2.45. The number of carbonyl (C=O) groups is 1. The molecule has 1 aliphatic rings. The van der Waals surface area contributed by atoms with Crippen LogP contribution in [-0.2, 0) is 4.79 Å². The van der Waals surface area contributed by atoms with E-state index >= 15 is 0 Å². The molecule has 3 N–H and O–H groups in total. The Balaban J connectivity index is 1.99. The van der Waals surface area contributed by atoms with E-state index in [1.807, 2.05) is 31.2 Å². The lowest BCUT2D eigenvalue weighted by Gasteiger charge is -2.31. The van der Waals surface area contributed by atoms with Crippen molar-refractivity contribution in [3.63, 3.8) is 0 Å². The van der Waals surface area contributed by atoms with Crippen molar-refractivity contribution < 1.29 is 19.0 Å². The number of ether oxygens (including phenoxy) is 3.